The number of likely N-dealkylation sites (tertiary alicyclic amines) is 1. The summed E-state index contributed by atoms with van der Waals surface area (Å²) >= 11 is 0. The maximum Gasteiger partial charge on any atom is 0.315 e. The molecule has 0 aromatic carbocycles. The van der Waals surface area contributed by atoms with E-state index in [2.05, 4.69) is 16.0 Å². The molecule has 1 heterocycles. The Hall–Kier alpha value is -2.70. The number of rotatable bonds is 13. The summed E-state index contributed by atoms with van der Waals surface area (Å²) in [5.74, 6) is -3.18. The van der Waals surface area contributed by atoms with Crippen molar-refractivity contribution in [3.8, 4) is 0 Å². The zero-order valence-electron chi connectivity index (χ0n) is 29.7. The van der Waals surface area contributed by atoms with Gasteiger partial charge in [-0.05, 0) is 75.5 Å². The molecule has 0 spiro atoms. The zero-order chi connectivity index (χ0) is 35.5. The molecule has 2 saturated carbocycles. The van der Waals surface area contributed by atoms with E-state index in [1.807, 2.05) is 34.6 Å². The molecule has 3 aliphatic rings. The topological polar surface area (TPSA) is 185 Å². The molecule has 5 amide bonds. The van der Waals surface area contributed by atoms with Crippen LogP contribution in [0.15, 0.2) is 0 Å². The Morgan fingerprint density at radius 3 is 2.04 bits per heavy atom. The quantitative estimate of drug-likeness (QED) is 0.215. The first-order valence-corrected chi connectivity index (χ1v) is 19.0. The molecule has 0 radical (unpaired) electrons. The number of carbonyl (C=O) groups excluding carboxylic acids is 5. The molecule has 0 aromatic rings. The number of carbonyl (C=O) groups is 5. The van der Waals surface area contributed by atoms with Crippen LogP contribution in [0.4, 0.5) is 4.79 Å². The van der Waals surface area contributed by atoms with E-state index in [1.54, 1.807) is 20.8 Å². The third-order valence-electron chi connectivity index (χ3n) is 10.8. The number of sulfone groups is 1. The van der Waals surface area contributed by atoms with Crippen molar-refractivity contribution in [2.45, 2.75) is 142 Å². The third-order valence-corrected chi connectivity index (χ3v) is 13.4. The third kappa shape index (κ3) is 10.2. The molecule has 2 unspecified atom stereocenters. The molecule has 13 heteroatoms. The van der Waals surface area contributed by atoms with Crippen molar-refractivity contribution in [2.24, 2.45) is 34.8 Å². The van der Waals surface area contributed by atoms with Crippen molar-refractivity contribution in [3.05, 3.63) is 0 Å². The number of urea groups is 1. The van der Waals surface area contributed by atoms with Crippen LogP contribution in [0.3, 0.4) is 0 Å². The Balaban J connectivity index is 1.89. The normalized spacial score (nSPS) is 24.1. The Morgan fingerprint density at radius 2 is 1.53 bits per heavy atom. The summed E-state index contributed by atoms with van der Waals surface area (Å²) < 4.78 is 25.0. The minimum atomic E-state index is -3.54. The molecule has 268 valence electrons. The molecule has 0 aromatic heterocycles. The van der Waals surface area contributed by atoms with Crippen molar-refractivity contribution >= 4 is 39.4 Å². The molecule has 12 nitrogen and oxygen atoms in total. The SMILES string of the molecule is CC(C)[C@@H](CS(=O)(=O)C(C)(C)C)NC(=O)N[C@H](C(=O)N1CC(C)C(C)(C)C[C@H]1C(=O)NC(CC1CC1)C(=O)C(N)=O)C1CCCCC1. The Labute approximate surface area is 281 Å². The van der Waals surface area contributed by atoms with Gasteiger partial charge in [0.05, 0.1) is 16.5 Å². The molecule has 5 atom stereocenters. The lowest BCUT2D eigenvalue weighted by Gasteiger charge is -2.48. The molecule has 3 rings (SSSR count). The Kier molecular flexibility index (Phi) is 12.6. The smallest absolute Gasteiger partial charge is 0.315 e. The van der Waals surface area contributed by atoms with Crippen LogP contribution in [0.1, 0.15) is 113 Å². The molecule has 5 N–H and O–H groups in total. The van der Waals surface area contributed by atoms with Crippen molar-refractivity contribution in [2.75, 3.05) is 12.3 Å². The van der Waals surface area contributed by atoms with E-state index in [-0.39, 0.29) is 47.3 Å². The van der Waals surface area contributed by atoms with Crippen LogP contribution in [-0.2, 0) is 29.0 Å². The fourth-order valence-electron chi connectivity index (χ4n) is 6.58. The first-order valence-electron chi connectivity index (χ1n) is 17.4. The van der Waals surface area contributed by atoms with Crippen molar-refractivity contribution < 1.29 is 32.4 Å². The fraction of sp³-hybridized carbons (Fsp3) is 0.853. The summed E-state index contributed by atoms with van der Waals surface area (Å²) in [5.41, 5.74) is 5.00. The zero-order valence-corrected chi connectivity index (χ0v) is 30.5. The molecular weight excluding hydrogens is 622 g/mol. The van der Waals surface area contributed by atoms with Gasteiger partial charge in [0.15, 0.2) is 9.84 Å². The molecule has 0 bridgehead atoms. The lowest BCUT2D eigenvalue weighted by Crippen LogP contribution is -2.64. The number of nitrogens with zero attached hydrogens (tertiary/aromatic N) is 1. The summed E-state index contributed by atoms with van der Waals surface area (Å²) in [7, 11) is -3.54. The number of Topliss-reactive ketones (excluding diaryl/α,β-unsaturated/α-hetero) is 1. The predicted molar refractivity (Wildman–Crippen MR) is 181 cm³/mol. The number of ketones is 1. The van der Waals surface area contributed by atoms with E-state index in [0.717, 1.165) is 44.9 Å². The van der Waals surface area contributed by atoms with Gasteiger partial charge >= 0.3 is 6.03 Å². The van der Waals surface area contributed by atoms with Crippen molar-refractivity contribution in [3.63, 3.8) is 0 Å². The van der Waals surface area contributed by atoms with Crippen LogP contribution in [0.2, 0.25) is 0 Å². The highest BCUT2D eigenvalue weighted by atomic mass is 32.2. The van der Waals surface area contributed by atoms with Crippen molar-refractivity contribution in [1.29, 1.82) is 0 Å². The molecule has 47 heavy (non-hydrogen) atoms. The molecule has 1 aliphatic heterocycles. The standard InChI is InChI=1S/C34H59N5O7S/c1-20(2)25(19-47(45,46)33(4,5)6)37-32(44)38-27(23-12-10-9-11-13-23)31(43)39-18-21(3)34(7,8)17-26(39)30(42)36-24(16-22-14-15-22)28(40)29(35)41/h20-27H,9-19H2,1-8H3,(H2,35,41)(H,36,42)(H2,37,38,44)/t21?,24?,25-,26+,27+/m1/s1. The van der Waals surface area contributed by atoms with Gasteiger partial charge in [-0.25, -0.2) is 13.2 Å². The number of amides is 5. The van der Waals surface area contributed by atoms with Crippen LogP contribution in [-0.4, -0.2) is 84.1 Å². The van der Waals surface area contributed by atoms with Crippen LogP contribution in [0, 0.1) is 29.1 Å². The first-order chi connectivity index (χ1) is 21.6. The highest BCUT2D eigenvalue weighted by Crippen LogP contribution is 2.40. The number of hydrogen-bond donors (Lipinski definition) is 4. The average Bonchev–Trinajstić information content (AvgIpc) is 3.79. The molecule has 1 saturated heterocycles. The number of nitrogens with two attached hydrogens (primary N) is 1. The maximum absolute atomic E-state index is 14.6. The van der Waals surface area contributed by atoms with Gasteiger partial charge in [0.1, 0.15) is 12.1 Å². The van der Waals surface area contributed by atoms with Gasteiger partial charge in [0.25, 0.3) is 5.91 Å². The number of primary amides is 1. The summed E-state index contributed by atoms with van der Waals surface area (Å²) in [6, 6.07) is -4.21. The van der Waals surface area contributed by atoms with E-state index in [1.165, 1.54) is 4.90 Å². The van der Waals surface area contributed by atoms with Crippen LogP contribution >= 0.6 is 0 Å². The van der Waals surface area contributed by atoms with Crippen LogP contribution in [0.25, 0.3) is 0 Å². The molecular formula is C34H59N5O7S. The second-order valence-electron chi connectivity index (χ2n) is 16.3. The summed E-state index contributed by atoms with van der Waals surface area (Å²) in [6.45, 7) is 14.9. The van der Waals surface area contributed by atoms with Gasteiger partial charge in [-0.1, -0.05) is 66.7 Å². The van der Waals surface area contributed by atoms with E-state index in [9.17, 15) is 32.4 Å². The lowest BCUT2D eigenvalue weighted by atomic mass is 9.71. The van der Waals surface area contributed by atoms with E-state index >= 15 is 0 Å². The minimum Gasteiger partial charge on any atom is -0.363 e. The first kappa shape index (κ1) is 38.7. The monoisotopic (exact) mass is 681 g/mol. The highest BCUT2D eigenvalue weighted by Gasteiger charge is 2.47. The van der Waals surface area contributed by atoms with Gasteiger partial charge in [-0.3, -0.25) is 19.2 Å². The molecule has 3 fully saturated rings. The van der Waals surface area contributed by atoms with Gasteiger partial charge in [0, 0.05) is 12.6 Å². The van der Waals surface area contributed by atoms with Crippen molar-refractivity contribution in [1.82, 2.24) is 20.9 Å². The lowest BCUT2D eigenvalue weighted by molar-refractivity contribution is -0.150. The predicted octanol–water partition coefficient (Wildman–Crippen LogP) is 3.07. The van der Waals surface area contributed by atoms with Crippen LogP contribution < -0.4 is 21.7 Å². The average molecular weight is 682 g/mol. The fourth-order valence-corrected chi connectivity index (χ4v) is 8.02. The van der Waals surface area contributed by atoms with Gasteiger partial charge < -0.3 is 26.6 Å². The maximum atomic E-state index is 14.6. The Bertz CT molecular complexity index is 1280. The second-order valence-corrected chi connectivity index (χ2v) is 19.1. The Morgan fingerprint density at radius 1 is 0.936 bits per heavy atom. The summed E-state index contributed by atoms with van der Waals surface area (Å²) in [4.78, 5) is 68.1. The second kappa shape index (κ2) is 15.2. The van der Waals surface area contributed by atoms with Crippen LogP contribution in [0.5, 0.6) is 0 Å². The van der Waals surface area contributed by atoms with Gasteiger partial charge in [0.2, 0.25) is 17.6 Å². The van der Waals surface area contributed by atoms with E-state index in [4.69, 9.17) is 5.73 Å². The number of nitrogens with one attached hydrogen (secondary N) is 3. The van der Waals surface area contributed by atoms with E-state index in [0.29, 0.717) is 12.8 Å². The van der Waals surface area contributed by atoms with Gasteiger partial charge in [-0.2, -0.15) is 0 Å². The molecule has 2 aliphatic carbocycles. The highest BCUT2D eigenvalue weighted by molar-refractivity contribution is 7.92. The van der Waals surface area contributed by atoms with Gasteiger partial charge in [-0.15, -0.1) is 0 Å². The number of piperidine rings is 1. The number of hydrogen-bond acceptors (Lipinski definition) is 7. The largest absolute Gasteiger partial charge is 0.363 e. The summed E-state index contributed by atoms with van der Waals surface area (Å²) in [5, 5.41) is 8.52. The summed E-state index contributed by atoms with van der Waals surface area (Å²) in [6.07, 6.45) is 6.76. The van der Waals surface area contributed by atoms with E-state index < -0.39 is 62.4 Å². The minimum absolute atomic E-state index is 0.0266.